The number of fused-ring (bicyclic) bond motifs is 15. The molecule has 162 valence electrons. The number of hydrogen-bond donors (Lipinski definition) is 0. The van der Waals surface area contributed by atoms with Crippen molar-refractivity contribution in [2.45, 2.75) is 12.8 Å². The predicted molar refractivity (Wildman–Crippen MR) is 140 cm³/mol. The van der Waals surface area contributed by atoms with E-state index in [4.69, 9.17) is 9.97 Å². The van der Waals surface area contributed by atoms with Crippen LogP contribution in [0.1, 0.15) is 22.3 Å². The minimum Gasteiger partial charge on any atom is -0.274 e. The lowest BCUT2D eigenvalue weighted by molar-refractivity contribution is 1.23. The smallest absolute Gasteiger partial charge is 0.178 e. The monoisotopic (exact) mass is 446 g/mol. The molecule has 4 heteroatoms. The molecular formula is C31H18N4. The molecule has 4 nitrogen and oxygen atoms in total. The van der Waals surface area contributed by atoms with E-state index in [9.17, 15) is 0 Å². The van der Waals surface area contributed by atoms with Gasteiger partial charge in [-0.1, -0.05) is 36.4 Å². The van der Waals surface area contributed by atoms with Crippen LogP contribution in [0.4, 0.5) is 0 Å². The summed E-state index contributed by atoms with van der Waals surface area (Å²) in [5, 5.41) is 3.50. The van der Waals surface area contributed by atoms with Crippen LogP contribution in [0, 0.1) is 0 Å². The first-order valence-electron chi connectivity index (χ1n) is 12.0. The molecule has 2 aliphatic rings. The van der Waals surface area contributed by atoms with Gasteiger partial charge < -0.3 is 0 Å². The standard InChI is InChI=1S/C31H18N4/c1-2-6-20-17(5-1)13-18-9-10-21-23-16-24-22-7-3-12-33-30(22)35-27-8-4-11-32-29(27)34-31(35)26(24)15-19(23)14-25(21)28(18)20/h1-12,15-16H,13-14H2. The number of rotatable bonds is 0. The highest BCUT2D eigenvalue weighted by Gasteiger charge is 2.29. The summed E-state index contributed by atoms with van der Waals surface area (Å²) in [5.74, 6) is 0. The van der Waals surface area contributed by atoms with Gasteiger partial charge in [0, 0.05) is 23.2 Å². The molecule has 0 atom stereocenters. The Labute approximate surface area is 200 Å². The molecule has 4 heterocycles. The van der Waals surface area contributed by atoms with Gasteiger partial charge in [-0.2, -0.15) is 0 Å². The van der Waals surface area contributed by atoms with Gasteiger partial charge in [-0.15, -0.1) is 0 Å². The van der Waals surface area contributed by atoms with Crippen molar-refractivity contribution in [3.05, 3.63) is 107 Å². The maximum Gasteiger partial charge on any atom is 0.178 e. The topological polar surface area (TPSA) is 43.1 Å². The minimum absolute atomic E-state index is 0.755. The summed E-state index contributed by atoms with van der Waals surface area (Å²) in [6.45, 7) is 0. The Morgan fingerprint density at radius 1 is 0.600 bits per heavy atom. The molecule has 0 unspecified atom stereocenters. The van der Waals surface area contributed by atoms with E-state index < -0.39 is 0 Å². The number of imidazole rings is 1. The van der Waals surface area contributed by atoms with Crippen LogP contribution in [-0.2, 0) is 12.8 Å². The quantitative estimate of drug-likeness (QED) is 0.243. The molecule has 3 aromatic carbocycles. The molecule has 2 aliphatic carbocycles. The number of pyridine rings is 3. The SMILES string of the molecule is c1ccc2c(c1)Cc1ccc3c(c1-2)Cc1cc2c(cc1-3)c1cccnc1n1c3cccnc3nc21. The van der Waals surface area contributed by atoms with Crippen LogP contribution >= 0.6 is 0 Å². The molecule has 0 radical (unpaired) electrons. The summed E-state index contributed by atoms with van der Waals surface area (Å²) in [7, 11) is 0. The Morgan fingerprint density at radius 3 is 2.51 bits per heavy atom. The van der Waals surface area contributed by atoms with Crippen LogP contribution in [0.5, 0.6) is 0 Å². The fourth-order valence-electron chi connectivity index (χ4n) is 6.47. The van der Waals surface area contributed by atoms with Crippen LogP contribution in [0.15, 0.2) is 85.2 Å². The van der Waals surface area contributed by atoms with E-state index in [0.717, 1.165) is 46.1 Å². The lowest BCUT2D eigenvalue weighted by Gasteiger charge is -2.11. The molecular weight excluding hydrogens is 428 g/mol. The average Bonchev–Trinajstić information content (AvgIpc) is 3.58. The molecule has 4 aromatic heterocycles. The van der Waals surface area contributed by atoms with Gasteiger partial charge in [0.05, 0.1) is 5.52 Å². The van der Waals surface area contributed by atoms with Crippen molar-refractivity contribution in [3.63, 3.8) is 0 Å². The van der Waals surface area contributed by atoms with Gasteiger partial charge >= 0.3 is 0 Å². The highest BCUT2D eigenvalue weighted by Crippen LogP contribution is 2.49. The molecule has 0 fully saturated rings. The maximum atomic E-state index is 4.97. The van der Waals surface area contributed by atoms with Crippen LogP contribution in [-0.4, -0.2) is 19.4 Å². The average molecular weight is 447 g/mol. The summed E-state index contributed by atoms with van der Waals surface area (Å²) in [5.41, 5.74) is 14.9. The molecule has 0 saturated heterocycles. The Hall–Kier alpha value is -4.57. The normalized spacial score (nSPS) is 13.5. The first-order valence-corrected chi connectivity index (χ1v) is 12.0. The van der Waals surface area contributed by atoms with Gasteiger partial charge in [-0.25, -0.2) is 15.0 Å². The highest BCUT2D eigenvalue weighted by atomic mass is 15.1. The summed E-state index contributed by atoms with van der Waals surface area (Å²) < 4.78 is 2.17. The van der Waals surface area contributed by atoms with Crippen LogP contribution < -0.4 is 0 Å². The first-order chi connectivity index (χ1) is 17.3. The first kappa shape index (κ1) is 17.8. The van der Waals surface area contributed by atoms with E-state index >= 15 is 0 Å². The fourth-order valence-corrected chi connectivity index (χ4v) is 6.47. The van der Waals surface area contributed by atoms with Crippen molar-refractivity contribution in [3.8, 4) is 22.3 Å². The second-order valence-corrected chi connectivity index (χ2v) is 9.68. The van der Waals surface area contributed by atoms with Gasteiger partial charge in [0.25, 0.3) is 0 Å². The Bertz CT molecular complexity index is 2070. The zero-order chi connectivity index (χ0) is 22.7. The van der Waals surface area contributed by atoms with E-state index in [0.29, 0.717) is 0 Å². The van der Waals surface area contributed by atoms with Crippen molar-refractivity contribution in [2.75, 3.05) is 0 Å². The predicted octanol–water partition coefficient (Wildman–Crippen LogP) is 6.73. The molecule has 0 bridgehead atoms. The molecule has 9 rings (SSSR count). The third kappa shape index (κ3) is 2.15. The van der Waals surface area contributed by atoms with Crippen LogP contribution in [0.2, 0.25) is 0 Å². The fraction of sp³-hybridized carbons (Fsp3) is 0.0645. The Kier molecular flexibility index (Phi) is 3.11. The Morgan fingerprint density at radius 2 is 1.51 bits per heavy atom. The summed E-state index contributed by atoms with van der Waals surface area (Å²) in [6, 6.07) is 26.5. The van der Waals surface area contributed by atoms with Gasteiger partial charge in [0.1, 0.15) is 11.3 Å². The molecule has 0 amide bonds. The van der Waals surface area contributed by atoms with Crippen molar-refractivity contribution >= 4 is 38.6 Å². The van der Waals surface area contributed by atoms with E-state index in [2.05, 4.69) is 70.0 Å². The third-order valence-electron chi connectivity index (χ3n) is 7.93. The van der Waals surface area contributed by atoms with Crippen LogP contribution in [0.25, 0.3) is 60.9 Å². The summed E-state index contributed by atoms with van der Waals surface area (Å²) in [6.07, 6.45) is 5.65. The van der Waals surface area contributed by atoms with E-state index in [1.807, 2.05) is 18.3 Å². The summed E-state index contributed by atoms with van der Waals surface area (Å²) >= 11 is 0. The minimum atomic E-state index is 0.755. The molecule has 0 spiro atoms. The second-order valence-electron chi connectivity index (χ2n) is 9.68. The van der Waals surface area contributed by atoms with Gasteiger partial charge in [-0.3, -0.25) is 4.40 Å². The van der Waals surface area contributed by atoms with Gasteiger partial charge in [-0.05, 0) is 99.1 Å². The molecule has 0 N–H and O–H groups in total. The molecule has 0 aliphatic heterocycles. The lowest BCUT2D eigenvalue weighted by atomic mass is 9.95. The second kappa shape index (κ2) is 6.10. The zero-order valence-electron chi connectivity index (χ0n) is 18.8. The van der Waals surface area contributed by atoms with Crippen molar-refractivity contribution in [1.29, 1.82) is 0 Å². The summed E-state index contributed by atoms with van der Waals surface area (Å²) in [4.78, 5) is 14.3. The number of aromatic nitrogens is 4. The third-order valence-corrected chi connectivity index (χ3v) is 7.93. The number of nitrogens with zero attached hydrogens (tertiary/aromatic N) is 4. The van der Waals surface area contributed by atoms with Crippen molar-refractivity contribution in [1.82, 2.24) is 19.4 Å². The molecule has 7 aromatic rings. The van der Waals surface area contributed by atoms with Crippen molar-refractivity contribution in [2.24, 2.45) is 0 Å². The molecule has 35 heavy (non-hydrogen) atoms. The van der Waals surface area contributed by atoms with E-state index in [1.165, 1.54) is 49.9 Å². The zero-order valence-corrected chi connectivity index (χ0v) is 18.8. The van der Waals surface area contributed by atoms with Gasteiger partial charge in [0.15, 0.2) is 5.65 Å². The van der Waals surface area contributed by atoms with Crippen molar-refractivity contribution < 1.29 is 0 Å². The Balaban J connectivity index is 1.40. The molecule has 0 saturated carbocycles. The van der Waals surface area contributed by atoms with Crippen LogP contribution in [0.3, 0.4) is 0 Å². The van der Waals surface area contributed by atoms with Gasteiger partial charge in [0.2, 0.25) is 0 Å². The van der Waals surface area contributed by atoms with E-state index in [1.54, 1.807) is 6.20 Å². The number of benzene rings is 3. The lowest BCUT2D eigenvalue weighted by Crippen LogP contribution is -1.95. The van der Waals surface area contributed by atoms with E-state index in [-0.39, 0.29) is 0 Å². The maximum absolute atomic E-state index is 4.97. The number of hydrogen-bond acceptors (Lipinski definition) is 3. The largest absolute Gasteiger partial charge is 0.274 e. The highest BCUT2D eigenvalue weighted by molar-refractivity contribution is 6.14.